The van der Waals surface area contributed by atoms with Crippen LogP contribution in [0.1, 0.15) is 98.3 Å². The fourth-order valence-electron chi connectivity index (χ4n) is 10.1. The summed E-state index contributed by atoms with van der Waals surface area (Å²) in [6, 6.07) is 0. The minimum absolute atomic E-state index is 0.0103. The van der Waals surface area contributed by atoms with Crippen LogP contribution in [0.2, 0.25) is 0 Å². The Morgan fingerprint density at radius 2 is 1.82 bits per heavy atom. The molecule has 0 aromatic heterocycles. The summed E-state index contributed by atoms with van der Waals surface area (Å²) in [5.74, 6) is 1.08. The van der Waals surface area contributed by atoms with E-state index in [0.29, 0.717) is 17.8 Å². The highest BCUT2D eigenvalue weighted by molar-refractivity contribution is 5.67. The summed E-state index contributed by atoms with van der Waals surface area (Å²) in [6.45, 7) is 13.9. The van der Waals surface area contributed by atoms with Crippen LogP contribution in [0.15, 0.2) is 23.8 Å². The van der Waals surface area contributed by atoms with Crippen molar-refractivity contribution in [2.75, 3.05) is 13.2 Å². The molecule has 0 saturated heterocycles. The van der Waals surface area contributed by atoms with Crippen molar-refractivity contribution in [3.05, 3.63) is 23.8 Å². The molecule has 4 heteroatoms. The minimum atomic E-state index is -0.707. The van der Waals surface area contributed by atoms with Gasteiger partial charge in [0.25, 0.3) is 0 Å². The van der Waals surface area contributed by atoms with E-state index >= 15 is 0 Å². The Kier molecular flexibility index (Phi) is 6.92. The second-order valence-corrected chi connectivity index (χ2v) is 13.2. The maximum atomic E-state index is 11.6. The zero-order valence-corrected chi connectivity index (χ0v) is 22.0. The van der Waals surface area contributed by atoms with Crippen molar-refractivity contribution in [3.8, 4) is 0 Å². The van der Waals surface area contributed by atoms with Gasteiger partial charge < -0.3 is 15.3 Å². The summed E-state index contributed by atoms with van der Waals surface area (Å²) in [5, 5.41) is 29.9. The molecule has 4 rings (SSSR count). The Hall–Kier alpha value is -1.13. The lowest BCUT2D eigenvalue weighted by molar-refractivity contribution is -0.139. The van der Waals surface area contributed by atoms with E-state index < -0.39 is 5.97 Å². The van der Waals surface area contributed by atoms with Gasteiger partial charge in [0, 0.05) is 13.0 Å². The van der Waals surface area contributed by atoms with Gasteiger partial charge in [-0.25, -0.2) is 0 Å². The average molecular weight is 473 g/mol. The average Bonchev–Trinajstić information content (AvgIpc) is 3.39. The molecule has 4 aliphatic rings. The van der Waals surface area contributed by atoms with Crippen LogP contribution in [0.3, 0.4) is 0 Å². The van der Waals surface area contributed by atoms with Crippen LogP contribution >= 0.6 is 0 Å². The van der Waals surface area contributed by atoms with E-state index in [4.69, 9.17) is 0 Å². The molecular weight excluding hydrogens is 424 g/mol. The first kappa shape index (κ1) is 25.9. The molecule has 4 nitrogen and oxygen atoms in total. The highest BCUT2D eigenvalue weighted by Gasteiger charge is 2.80. The predicted molar refractivity (Wildman–Crippen MR) is 136 cm³/mol. The number of aliphatic carboxylic acids is 1. The number of allylic oxidation sites excluding steroid dienone is 2. The second kappa shape index (κ2) is 9.07. The Morgan fingerprint density at radius 1 is 1.09 bits per heavy atom. The SMILES string of the molecule is C=C(CO)[C@H]1CC[C@H]2[C@@]3(CC[C@]4(C)[C@H]([C@H](CO)CCC=C(C)C)CC[C@@]24C)C[C@@]13CCC(=O)O. The third kappa shape index (κ3) is 3.65. The Labute approximate surface area is 206 Å². The maximum Gasteiger partial charge on any atom is 0.303 e. The lowest BCUT2D eigenvalue weighted by Crippen LogP contribution is -2.54. The Balaban J connectivity index is 1.62. The number of aliphatic hydroxyl groups is 2. The van der Waals surface area contributed by atoms with E-state index in [9.17, 15) is 20.1 Å². The summed E-state index contributed by atoms with van der Waals surface area (Å²) < 4.78 is 0. The van der Waals surface area contributed by atoms with Crippen LogP contribution in [0.5, 0.6) is 0 Å². The van der Waals surface area contributed by atoms with Crippen LogP contribution in [0.25, 0.3) is 0 Å². The molecule has 0 aliphatic heterocycles. The number of fused-ring (bicyclic) bond motifs is 2. The molecule has 0 heterocycles. The van der Waals surface area contributed by atoms with Gasteiger partial charge in [0.05, 0.1) is 6.61 Å². The summed E-state index contributed by atoms with van der Waals surface area (Å²) >= 11 is 0. The Morgan fingerprint density at radius 3 is 2.44 bits per heavy atom. The lowest BCUT2D eigenvalue weighted by Gasteiger charge is -2.61. The topological polar surface area (TPSA) is 77.8 Å². The van der Waals surface area contributed by atoms with Crippen molar-refractivity contribution in [3.63, 3.8) is 0 Å². The van der Waals surface area contributed by atoms with Crippen LogP contribution in [0.4, 0.5) is 0 Å². The maximum absolute atomic E-state index is 11.6. The number of hydrogen-bond donors (Lipinski definition) is 3. The van der Waals surface area contributed by atoms with Crippen molar-refractivity contribution in [2.24, 2.45) is 45.3 Å². The highest BCUT2D eigenvalue weighted by Crippen LogP contribution is 2.87. The van der Waals surface area contributed by atoms with E-state index in [-0.39, 0.29) is 47.2 Å². The third-order valence-corrected chi connectivity index (χ3v) is 11.9. The summed E-state index contributed by atoms with van der Waals surface area (Å²) in [5.41, 5.74) is 2.95. The van der Waals surface area contributed by atoms with Crippen LogP contribution in [0, 0.1) is 45.3 Å². The minimum Gasteiger partial charge on any atom is -0.481 e. The van der Waals surface area contributed by atoms with Crippen LogP contribution in [-0.2, 0) is 4.79 Å². The van der Waals surface area contributed by atoms with E-state index in [1.54, 1.807) is 0 Å². The first-order valence-corrected chi connectivity index (χ1v) is 13.8. The van der Waals surface area contributed by atoms with E-state index in [2.05, 4.69) is 40.3 Å². The number of hydrogen-bond acceptors (Lipinski definition) is 3. The summed E-state index contributed by atoms with van der Waals surface area (Å²) in [6.07, 6.45) is 13.4. The van der Waals surface area contributed by atoms with E-state index in [1.807, 2.05) is 0 Å². The van der Waals surface area contributed by atoms with Gasteiger partial charge in [-0.15, -0.1) is 0 Å². The molecule has 4 saturated carbocycles. The van der Waals surface area contributed by atoms with Gasteiger partial charge in [-0.3, -0.25) is 4.79 Å². The molecule has 0 bridgehead atoms. The molecule has 1 spiro atoms. The molecule has 4 fully saturated rings. The molecule has 8 atom stereocenters. The molecular formula is C30H48O4. The largest absolute Gasteiger partial charge is 0.481 e. The smallest absolute Gasteiger partial charge is 0.303 e. The number of carboxylic acid groups (broad SMARTS) is 1. The molecule has 0 aromatic rings. The van der Waals surface area contributed by atoms with Gasteiger partial charge in [-0.2, -0.15) is 0 Å². The van der Waals surface area contributed by atoms with E-state index in [0.717, 1.165) is 37.7 Å². The first-order valence-electron chi connectivity index (χ1n) is 13.8. The number of carboxylic acids is 1. The monoisotopic (exact) mass is 472 g/mol. The van der Waals surface area contributed by atoms with Gasteiger partial charge in [-0.05, 0) is 129 Å². The molecule has 3 N–H and O–H groups in total. The number of aliphatic hydroxyl groups excluding tert-OH is 2. The normalized spacial score (nSPS) is 43.3. The van der Waals surface area contributed by atoms with Crippen molar-refractivity contribution in [2.45, 2.75) is 98.3 Å². The molecule has 0 unspecified atom stereocenters. The van der Waals surface area contributed by atoms with Gasteiger partial charge in [-0.1, -0.05) is 32.1 Å². The standard InChI is InChI=1S/C30H48O4/c1-20(2)7-6-8-22(18-32)24-11-13-28(5)25-10-9-23(21(3)17-31)29(14-12-26(33)34)19-30(25,29)16-15-27(24,28)4/h7,22-25,31-32H,3,6,8-19H2,1-2,4-5H3,(H,33,34)/t22-,23+,24-,25+,27+,28-,29-,30+/m0/s1. The fraction of sp³-hybridized carbons (Fsp3) is 0.833. The first-order chi connectivity index (χ1) is 16.0. The van der Waals surface area contributed by atoms with Gasteiger partial charge >= 0.3 is 5.97 Å². The van der Waals surface area contributed by atoms with Crippen molar-refractivity contribution in [1.29, 1.82) is 0 Å². The second-order valence-electron chi connectivity index (χ2n) is 13.2. The van der Waals surface area contributed by atoms with Gasteiger partial charge in [0.1, 0.15) is 0 Å². The van der Waals surface area contributed by atoms with Gasteiger partial charge in [0.2, 0.25) is 0 Å². The highest BCUT2D eigenvalue weighted by atomic mass is 16.4. The molecule has 0 amide bonds. The number of carbonyl (C=O) groups is 1. The van der Waals surface area contributed by atoms with Gasteiger partial charge in [0.15, 0.2) is 0 Å². The quantitative estimate of drug-likeness (QED) is 0.323. The molecule has 192 valence electrons. The number of rotatable bonds is 10. The van der Waals surface area contributed by atoms with Crippen molar-refractivity contribution >= 4 is 5.97 Å². The van der Waals surface area contributed by atoms with Crippen molar-refractivity contribution in [1.82, 2.24) is 0 Å². The van der Waals surface area contributed by atoms with Crippen LogP contribution < -0.4 is 0 Å². The molecule has 34 heavy (non-hydrogen) atoms. The Bertz CT molecular complexity index is 843. The predicted octanol–water partition coefficient (Wildman–Crippen LogP) is 6.37. The van der Waals surface area contributed by atoms with Crippen molar-refractivity contribution < 1.29 is 20.1 Å². The van der Waals surface area contributed by atoms with E-state index in [1.165, 1.54) is 37.7 Å². The lowest BCUT2D eigenvalue weighted by atomic mass is 9.43. The molecule has 0 aromatic carbocycles. The fourth-order valence-corrected chi connectivity index (χ4v) is 10.1. The molecule has 0 radical (unpaired) electrons. The third-order valence-electron chi connectivity index (χ3n) is 11.9. The summed E-state index contributed by atoms with van der Waals surface area (Å²) in [7, 11) is 0. The zero-order chi connectivity index (χ0) is 24.9. The van der Waals surface area contributed by atoms with Crippen LogP contribution in [-0.4, -0.2) is 34.5 Å². The zero-order valence-electron chi connectivity index (χ0n) is 22.0. The molecule has 4 aliphatic carbocycles. The summed E-state index contributed by atoms with van der Waals surface area (Å²) in [4.78, 5) is 11.6.